The van der Waals surface area contributed by atoms with Crippen molar-refractivity contribution in [2.24, 2.45) is 0 Å². The first-order valence-corrected chi connectivity index (χ1v) is 8.11. The number of para-hydroxylation sites is 1. The van der Waals surface area contributed by atoms with Gasteiger partial charge in [-0.3, -0.25) is 0 Å². The zero-order chi connectivity index (χ0) is 18.9. The number of ether oxygens (including phenoxy) is 2. The summed E-state index contributed by atoms with van der Waals surface area (Å²) in [5, 5.41) is 8.99. The first-order chi connectivity index (χ1) is 12.3. The van der Waals surface area contributed by atoms with Crippen molar-refractivity contribution in [1.82, 2.24) is 4.98 Å². The molecule has 2 aromatic rings. The fraction of sp³-hybridized carbons (Fsp3) is 0.333. The minimum atomic E-state index is -4.68. The predicted molar refractivity (Wildman–Crippen MR) is 88.2 cm³/mol. The van der Waals surface area contributed by atoms with Crippen LogP contribution in [0.3, 0.4) is 0 Å². The maximum atomic E-state index is 13.2. The topological polar surface area (TPSA) is 55.1 Å². The van der Waals surface area contributed by atoms with E-state index in [1.807, 2.05) is 0 Å². The zero-order valence-electron chi connectivity index (χ0n) is 13.7. The minimum absolute atomic E-state index is 0.251. The summed E-state index contributed by atoms with van der Waals surface area (Å²) in [5.41, 5.74) is -1.26. The van der Waals surface area contributed by atoms with Crippen molar-refractivity contribution in [3.8, 4) is 17.6 Å². The second-order valence-corrected chi connectivity index (χ2v) is 6.37. The first kappa shape index (κ1) is 18.3. The van der Waals surface area contributed by atoms with Crippen LogP contribution in [0.5, 0.6) is 11.5 Å². The van der Waals surface area contributed by atoms with Crippen LogP contribution < -0.4 is 9.47 Å². The number of hydrogen-bond donors (Lipinski definition) is 0. The molecule has 4 nitrogen and oxygen atoms in total. The molecule has 1 saturated carbocycles. The molecular formula is C18H14ClF3N2O2. The summed E-state index contributed by atoms with van der Waals surface area (Å²) < 4.78 is 50.4. The molecule has 0 radical (unpaired) electrons. The molecule has 1 fully saturated rings. The molecule has 3 rings (SSSR count). The molecule has 1 aliphatic rings. The number of alkyl halides is 3. The second-order valence-electron chi connectivity index (χ2n) is 6.01. The quantitative estimate of drug-likeness (QED) is 0.715. The number of halogens is 4. The summed E-state index contributed by atoms with van der Waals surface area (Å²) in [6.45, 7) is 0. The maximum absolute atomic E-state index is 13.2. The number of aromatic nitrogens is 1. The Kier molecular flexibility index (Phi) is 4.72. The van der Waals surface area contributed by atoms with Crippen LogP contribution in [0.1, 0.15) is 24.0 Å². The van der Waals surface area contributed by atoms with Crippen molar-refractivity contribution in [2.75, 3.05) is 7.11 Å². The Morgan fingerprint density at radius 2 is 1.92 bits per heavy atom. The summed E-state index contributed by atoms with van der Waals surface area (Å²) >= 11 is 5.60. The van der Waals surface area contributed by atoms with Gasteiger partial charge in [0.2, 0.25) is 0 Å². The van der Waals surface area contributed by atoms with E-state index in [0.717, 1.165) is 12.3 Å². The molecule has 1 aromatic carbocycles. The molecule has 0 aliphatic heterocycles. The number of nitrogens with zero attached hydrogens (tertiary/aromatic N) is 2. The van der Waals surface area contributed by atoms with Crippen molar-refractivity contribution in [2.45, 2.75) is 30.5 Å². The molecule has 0 unspecified atom stereocenters. The molecule has 0 N–H and O–H groups in total. The van der Waals surface area contributed by atoms with Gasteiger partial charge in [-0.2, -0.15) is 18.4 Å². The highest BCUT2D eigenvalue weighted by molar-refractivity contribution is 6.30. The van der Waals surface area contributed by atoms with E-state index in [2.05, 4.69) is 11.1 Å². The Bertz CT molecular complexity index is 858. The van der Waals surface area contributed by atoms with Crippen LogP contribution in [-0.2, 0) is 11.6 Å². The lowest BCUT2D eigenvalue weighted by Crippen LogP contribution is -2.46. The average molecular weight is 383 g/mol. The monoisotopic (exact) mass is 382 g/mol. The summed E-state index contributed by atoms with van der Waals surface area (Å²) in [5.74, 6) is 0.185. The summed E-state index contributed by atoms with van der Waals surface area (Å²) in [7, 11) is 1.51. The van der Waals surface area contributed by atoms with Crippen LogP contribution in [0.25, 0.3) is 0 Å². The van der Waals surface area contributed by atoms with Crippen LogP contribution in [0.2, 0.25) is 5.15 Å². The molecule has 1 aliphatic carbocycles. The van der Waals surface area contributed by atoms with E-state index in [-0.39, 0.29) is 18.6 Å². The number of benzene rings is 1. The lowest BCUT2D eigenvalue weighted by Gasteiger charge is -2.43. The van der Waals surface area contributed by atoms with Crippen molar-refractivity contribution < 1.29 is 22.6 Å². The van der Waals surface area contributed by atoms with Gasteiger partial charge in [0, 0.05) is 24.6 Å². The van der Waals surface area contributed by atoms with Crippen LogP contribution in [0.4, 0.5) is 13.2 Å². The van der Waals surface area contributed by atoms with E-state index in [4.69, 9.17) is 21.1 Å². The molecule has 8 heteroatoms. The molecule has 0 amide bonds. The zero-order valence-corrected chi connectivity index (χ0v) is 14.4. The van der Waals surface area contributed by atoms with Crippen LogP contribution in [0, 0.1) is 11.3 Å². The molecule has 1 aromatic heterocycles. The molecule has 26 heavy (non-hydrogen) atoms. The van der Waals surface area contributed by atoms with Crippen LogP contribution in [-0.4, -0.2) is 18.2 Å². The number of nitriles is 1. The third kappa shape index (κ3) is 3.17. The fourth-order valence-electron chi connectivity index (χ4n) is 3.17. The van der Waals surface area contributed by atoms with E-state index < -0.39 is 28.4 Å². The highest BCUT2D eigenvalue weighted by Crippen LogP contribution is 2.49. The SMILES string of the molecule is COc1ccccc1[C@]1(C#N)C[C@H](Oc2ccnc(Cl)c2C(F)(F)F)C1. The lowest BCUT2D eigenvalue weighted by atomic mass is 9.63. The predicted octanol–water partition coefficient (Wildman–Crippen LogP) is 4.77. The number of hydrogen-bond acceptors (Lipinski definition) is 4. The molecule has 1 heterocycles. The van der Waals surface area contributed by atoms with Crippen LogP contribution in [0.15, 0.2) is 36.5 Å². The normalized spacial score (nSPS) is 22.2. The molecular weight excluding hydrogens is 369 g/mol. The standard InChI is InChI=1S/C18H14ClF3N2O2/c1-25-13-5-3-2-4-12(13)17(10-23)8-11(9-17)26-14-6-7-24-16(19)15(14)18(20,21)22/h2-7,11H,8-9H2,1H3/t11-,17+. The Hall–Kier alpha value is -2.46. The van der Waals surface area contributed by atoms with Gasteiger partial charge in [-0.05, 0) is 12.1 Å². The van der Waals surface area contributed by atoms with E-state index in [9.17, 15) is 18.4 Å². The van der Waals surface area contributed by atoms with Crippen molar-refractivity contribution >= 4 is 11.6 Å². The van der Waals surface area contributed by atoms with Gasteiger partial charge in [-0.1, -0.05) is 29.8 Å². The second kappa shape index (κ2) is 6.69. The van der Waals surface area contributed by atoms with Crippen LogP contribution >= 0.6 is 11.6 Å². The molecule has 0 atom stereocenters. The van der Waals surface area contributed by atoms with E-state index in [0.29, 0.717) is 11.3 Å². The van der Waals surface area contributed by atoms with Crippen molar-refractivity contribution in [1.29, 1.82) is 5.26 Å². The van der Waals surface area contributed by atoms with Gasteiger partial charge in [-0.25, -0.2) is 4.98 Å². The molecule has 0 spiro atoms. The third-order valence-electron chi connectivity index (χ3n) is 4.43. The van der Waals surface area contributed by atoms with Gasteiger partial charge < -0.3 is 9.47 Å². The Morgan fingerprint density at radius 1 is 1.23 bits per heavy atom. The molecule has 136 valence electrons. The minimum Gasteiger partial charge on any atom is -0.496 e. The Balaban J connectivity index is 1.83. The smallest absolute Gasteiger partial charge is 0.422 e. The van der Waals surface area contributed by atoms with Gasteiger partial charge in [0.05, 0.1) is 18.6 Å². The van der Waals surface area contributed by atoms with Crippen molar-refractivity contribution in [3.63, 3.8) is 0 Å². The van der Waals surface area contributed by atoms with Crippen molar-refractivity contribution in [3.05, 3.63) is 52.8 Å². The maximum Gasteiger partial charge on any atom is 0.422 e. The van der Waals surface area contributed by atoms with Gasteiger partial charge in [0.25, 0.3) is 0 Å². The number of rotatable bonds is 4. The largest absolute Gasteiger partial charge is 0.496 e. The van der Waals surface area contributed by atoms with E-state index >= 15 is 0 Å². The lowest BCUT2D eigenvalue weighted by molar-refractivity contribution is -0.139. The van der Waals surface area contributed by atoms with E-state index in [1.165, 1.54) is 7.11 Å². The molecule has 0 bridgehead atoms. The highest BCUT2D eigenvalue weighted by Gasteiger charge is 2.50. The number of methoxy groups -OCH3 is 1. The molecule has 0 saturated heterocycles. The Labute approximate surface area is 153 Å². The summed E-state index contributed by atoms with van der Waals surface area (Å²) in [4.78, 5) is 3.47. The van der Waals surface area contributed by atoms with Gasteiger partial charge in [0.15, 0.2) is 0 Å². The Morgan fingerprint density at radius 3 is 2.54 bits per heavy atom. The van der Waals surface area contributed by atoms with E-state index in [1.54, 1.807) is 24.3 Å². The van der Waals surface area contributed by atoms with Gasteiger partial charge in [0.1, 0.15) is 28.3 Å². The number of pyridine rings is 1. The van der Waals surface area contributed by atoms with Gasteiger partial charge >= 0.3 is 6.18 Å². The summed E-state index contributed by atoms with van der Waals surface area (Å²) in [6.07, 6.45) is -3.57. The third-order valence-corrected chi connectivity index (χ3v) is 4.72. The van der Waals surface area contributed by atoms with Gasteiger partial charge in [-0.15, -0.1) is 0 Å². The fourth-order valence-corrected chi connectivity index (χ4v) is 3.42. The first-order valence-electron chi connectivity index (χ1n) is 7.74. The summed E-state index contributed by atoms with van der Waals surface area (Å²) in [6, 6.07) is 10.5. The average Bonchev–Trinajstić information content (AvgIpc) is 2.56. The highest BCUT2D eigenvalue weighted by atomic mass is 35.5.